The lowest BCUT2D eigenvalue weighted by molar-refractivity contribution is 0.0961. The summed E-state index contributed by atoms with van der Waals surface area (Å²) in [5, 5.41) is 4.36. The van der Waals surface area contributed by atoms with Gasteiger partial charge in [-0.2, -0.15) is 0 Å². The van der Waals surface area contributed by atoms with E-state index in [1.54, 1.807) is 0 Å². The zero-order valence-corrected chi connectivity index (χ0v) is 14.4. The van der Waals surface area contributed by atoms with E-state index in [1.165, 1.54) is 29.7 Å². The molecule has 0 saturated carbocycles. The van der Waals surface area contributed by atoms with Gasteiger partial charge in [0.15, 0.2) is 0 Å². The molecule has 1 saturated heterocycles. The molecule has 2 aromatic heterocycles. The number of piperazine rings is 1. The third-order valence-electron chi connectivity index (χ3n) is 5.53. The van der Waals surface area contributed by atoms with Gasteiger partial charge in [-0.25, -0.2) is 0 Å². The zero-order valence-electron chi connectivity index (χ0n) is 14.4. The third kappa shape index (κ3) is 3.23. The van der Waals surface area contributed by atoms with E-state index < -0.39 is 0 Å². The van der Waals surface area contributed by atoms with Crippen molar-refractivity contribution in [3.63, 3.8) is 0 Å². The topological polar surface area (TPSA) is 45.4 Å². The van der Waals surface area contributed by atoms with Crippen molar-refractivity contribution in [3.8, 4) is 0 Å². The molecule has 4 rings (SSSR count). The van der Waals surface area contributed by atoms with Gasteiger partial charge in [0.05, 0.1) is 0 Å². The number of aromatic nitrogens is 2. The van der Waals surface area contributed by atoms with Crippen molar-refractivity contribution < 1.29 is 4.52 Å². The Morgan fingerprint density at radius 2 is 2.00 bits per heavy atom. The summed E-state index contributed by atoms with van der Waals surface area (Å²) in [6, 6.07) is 4.63. The number of pyridine rings is 1. The van der Waals surface area contributed by atoms with Crippen LogP contribution in [0.4, 0.5) is 0 Å². The van der Waals surface area contributed by atoms with Gasteiger partial charge in [0.2, 0.25) is 0 Å². The molecule has 0 aromatic carbocycles. The third-order valence-corrected chi connectivity index (χ3v) is 5.53. The second kappa shape index (κ2) is 7.03. The largest absolute Gasteiger partial charge is 0.361 e. The van der Waals surface area contributed by atoms with E-state index in [4.69, 9.17) is 4.52 Å². The number of rotatable bonds is 4. The van der Waals surface area contributed by atoms with Crippen molar-refractivity contribution in [1.29, 1.82) is 0 Å². The minimum atomic E-state index is 0.431. The lowest BCUT2D eigenvalue weighted by Gasteiger charge is -2.38. The SMILES string of the molecule is CC(c1cccnc1)N1CCN(Cc2noc3c2CCCC3)CC1. The summed E-state index contributed by atoms with van der Waals surface area (Å²) in [6.45, 7) is 7.58. The van der Waals surface area contributed by atoms with Crippen LogP contribution in [0.1, 0.15) is 48.4 Å². The molecule has 0 radical (unpaired) electrons. The van der Waals surface area contributed by atoms with Crippen molar-refractivity contribution in [3.05, 3.63) is 47.1 Å². The van der Waals surface area contributed by atoms with E-state index in [-0.39, 0.29) is 0 Å². The molecular formula is C19H26N4O. The summed E-state index contributed by atoms with van der Waals surface area (Å²) in [6.07, 6.45) is 8.56. The van der Waals surface area contributed by atoms with Crippen LogP contribution >= 0.6 is 0 Å². The Hall–Kier alpha value is -1.72. The number of nitrogens with zero attached hydrogens (tertiary/aromatic N) is 4. The predicted octanol–water partition coefficient (Wildman–Crippen LogP) is 2.83. The van der Waals surface area contributed by atoms with Crippen LogP contribution in [0, 0.1) is 0 Å². The first-order valence-electron chi connectivity index (χ1n) is 9.14. The summed E-state index contributed by atoms with van der Waals surface area (Å²) in [4.78, 5) is 9.31. The lowest BCUT2D eigenvalue weighted by atomic mass is 9.96. The Kier molecular flexibility index (Phi) is 4.63. The second-order valence-corrected chi connectivity index (χ2v) is 7.01. The fourth-order valence-corrected chi connectivity index (χ4v) is 3.93. The molecule has 1 atom stereocenters. The fourth-order valence-electron chi connectivity index (χ4n) is 3.93. The zero-order chi connectivity index (χ0) is 16.4. The average molecular weight is 326 g/mol. The number of fused-ring (bicyclic) bond motifs is 1. The Morgan fingerprint density at radius 3 is 2.79 bits per heavy atom. The van der Waals surface area contributed by atoms with Gasteiger partial charge >= 0.3 is 0 Å². The molecule has 0 amide bonds. The Balaban J connectivity index is 1.34. The van der Waals surface area contributed by atoms with Gasteiger partial charge in [0.25, 0.3) is 0 Å². The molecule has 1 aliphatic carbocycles. The van der Waals surface area contributed by atoms with Gasteiger partial charge in [-0.1, -0.05) is 11.2 Å². The van der Waals surface area contributed by atoms with Crippen LogP contribution in [-0.2, 0) is 19.4 Å². The average Bonchev–Trinajstić information content (AvgIpc) is 3.06. The van der Waals surface area contributed by atoms with Crippen LogP contribution in [0.5, 0.6) is 0 Å². The highest BCUT2D eigenvalue weighted by Gasteiger charge is 2.25. The van der Waals surface area contributed by atoms with Gasteiger partial charge in [-0.3, -0.25) is 14.8 Å². The van der Waals surface area contributed by atoms with Gasteiger partial charge in [0, 0.05) is 63.1 Å². The molecule has 128 valence electrons. The maximum absolute atomic E-state index is 5.55. The molecule has 3 heterocycles. The summed E-state index contributed by atoms with van der Waals surface area (Å²) in [7, 11) is 0. The number of aryl methyl sites for hydroxylation is 1. The van der Waals surface area contributed by atoms with Gasteiger partial charge in [0.1, 0.15) is 11.5 Å². The van der Waals surface area contributed by atoms with Crippen LogP contribution in [0.15, 0.2) is 29.0 Å². The maximum atomic E-state index is 5.55. The van der Waals surface area contributed by atoms with Crippen LogP contribution in [0.3, 0.4) is 0 Å². The van der Waals surface area contributed by atoms with E-state index in [9.17, 15) is 0 Å². The Morgan fingerprint density at radius 1 is 1.17 bits per heavy atom. The molecule has 24 heavy (non-hydrogen) atoms. The first-order valence-corrected chi connectivity index (χ1v) is 9.14. The quantitative estimate of drug-likeness (QED) is 0.864. The molecule has 1 fully saturated rings. The molecule has 0 bridgehead atoms. The summed E-state index contributed by atoms with van der Waals surface area (Å²) in [5.74, 6) is 1.14. The number of hydrogen-bond acceptors (Lipinski definition) is 5. The van der Waals surface area contributed by atoms with Gasteiger partial charge in [-0.15, -0.1) is 0 Å². The van der Waals surface area contributed by atoms with E-state index in [0.29, 0.717) is 6.04 Å². The lowest BCUT2D eigenvalue weighted by Crippen LogP contribution is -2.46. The highest BCUT2D eigenvalue weighted by atomic mass is 16.5. The molecule has 1 aliphatic heterocycles. The van der Waals surface area contributed by atoms with Gasteiger partial charge < -0.3 is 4.52 Å². The molecule has 5 heteroatoms. The Labute approximate surface area is 143 Å². The molecule has 5 nitrogen and oxygen atoms in total. The molecule has 0 spiro atoms. The van der Waals surface area contributed by atoms with Gasteiger partial charge in [-0.05, 0) is 37.8 Å². The minimum absolute atomic E-state index is 0.431. The first kappa shape index (κ1) is 15.8. The van der Waals surface area contributed by atoms with Crippen molar-refractivity contribution in [2.45, 2.75) is 45.2 Å². The second-order valence-electron chi connectivity index (χ2n) is 7.01. The Bertz CT molecular complexity index is 661. The fraction of sp³-hybridized carbons (Fsp3) is 0.579. The minimum Gasteiger partial charge on any atom is -0.361 e. The molecular weight excluding hydrogens is 300 g/mol. The van der Waals surface area contributed by atoms with Crippen molar-refractivity contribution >= 4 is 0 Å². The monoisotopic (exact) mass is 326 g/mol. The summed E-state index contributed by atoms with van der Waals surface area (Å²) in [5.41, 5.74) is 3.88. The number of hydrogen-bond donors (Lipinski definition) is 0. The molecule has 2 aliphatic rings. The van der Waals surface area contributed by atoms with Crippen molar-refractivity contribution in [2.75, 3.05) is 26.2 Å². The van der Waals surface area contributed by atoms with E-state index in [1.807, 2.05) is 18.5 Å². The van der Waals surface area contributed by atoms with Crippen LogP contribution in [-0.4, -0.2) is 46.1 Å². The van der Waals surface area contributed by atoms with E-state index >= 15 is 0 Å². The maximum Gasteiger partial charge on any atom is 0.140 e. The molecule has 0 N–H and O–H groups in total. The summed E-state index contributed by atoms with van der Waals surface area (Å²) < 4.78 is 5.55. The van der Waals surface area contributed by atoms with E-state index in [0.717, 1.165) is 51.3 Å². The van der Waals surface area contributed by atoms with E-state index in [2.05, 4.69) is 32.9 Å². The van der Waals surface area contributed by atoms with Crippen molar-refractivity contribution in [1.82, 2.24) is 19.9 Å². The predicted molar refractivity (Wildman–Crippen MR) is 92.6 cm³/mol. The summed E-state index contributed by atoms with van der Waals surface area (Å²) >= 11 is 0. The smallest absolute Gasteiger partial charge is 0.140 e. The van der Waals surface area contributed by atoms with Crippen molar-refractivity contribution in [2.24, 2.45) is 0 Å². The van der Waals surface area contributed by atoms with Crippen LogP contribution in [0.2, 0.25) is 0 Å². The molecule has 2 aromatic rings. The first-order chi connectivity index (χ1) is 11.8. The normalized spacial score (nSPS) is 20.7. The van der Waals surface area contributed by atoms with Crippen LogP contribution < -0.4 is 0 Å². The van der Waals surface area contributed by atoms with Crippen LogP contribution in [0.25, 0.3) is 0 Å². The highest BCUT2D eigenvalue weighted by Crippen LogP contribution is 2.26. The standard InChI is InChI=1S/C19H26N4O/c1-15(16-5-4-8-20-13-16)23-11-9-22(10-12-23)14-18-17-6-2-3-7-19(17)24-21-18/h4-5,8,13,15H,2-3,6-7,9-12,14H2,1H3. The highest BCUT2D eigenvalue weighted by molar-refractivity contribution is 5.25. The molecule has 1 unspecified atom stereocenters.